The standard InChI is InChI=1S/C19H30N2O3S/c1-13(2)18(19(22)20-17-8-6-5-7-15(17)4)21-25(23,24)16-11-9-14(3)10-12-16/h9-13,15,17-18,21H,5-8H2,1-4H3,(H,20,22). The van der Waals surface area contributed by atoms with Crippen molar-refractivity contribution in [2.45, 2.75) is 70.4 Å². The summed E-state index contributed by atoms with van der Waals surface area (Å²) in [5, 5.41) is 3.07. The van der Waals surface area contributed by atoms with Crippen LogP contribution in [0.3, 0.4) is 0 Å². The van der Waals surface area contributed by atoms with E-state index in [1.165, 1.54) is 6.42 Å². The monoisotopic (exact) mass is 366 g/mol. The predicted octanol–water partition coefficient (Wildman–Crippen LogP) is 2.99. The molecule has 25 heavy (non-hydrogen) atoms. The zero-order valence-corrected chi connectivity index (χ0v) is 16.4. The van der Waals surface area contributed by atoms with E-state index in [1.807, 2.05) is 20.8 Å². The third-order valence-corrected chi connectivity index (χ3v) is 6.46. The van der Waals surface area contributed by atoms with Gasteiger partial charge in [0.2, 0.25) is 15.9 Å². The van der Waals surface area contributed by atoms with Gasteiger partial charge in [0.25, 0.3) is 0 Å². The first-order valence-corrected chi connectivity index (χ1v) is 10.6. The van der Waals surface area contributed by atoms with Crippen LogP contribution >= 0.6 is 0 Å². The van der Waals surface area contributed by atoms with Crippen molar-refractivity contribution in [2.24, 2.45) is 11.8 Å². The molecule has 0 saturated heterocycles. The van der Waals surface area contributed by atoms with E-state index in [1.54, 1.807) is 24.3 Å². The van der Waals surface area contributed by atoms with Gasteiger partial charge in [-0.3, -0.25) is 4.79 Å². The van der Waals surface area contributed by atoms with E-state index in [4.69, 9.17) is 0 Å². The average molecular weight is 367 g/mol. The molecule has 2 N–H and O–H groups in total. The summed E-state index contributed by atoms with van der Waals surface area (Å²) in [6.07, 6.45) is 4.37. The molecule has 0 aromatic heterocycles. The van der Waals surface area contributed by atoms with Gasteiger partial charge >= 0.3 is 0 Å². The lowest BCUT2D eigenvalue weighted by molar-refractivity contribution is -0.125. The molecule has 0 aliphatic heterocycles. The van der Waals surface area contributed by atoms with Crippen molar-refractivity contribution in [2.75, 3.05) is 0 Å². The largest absolute Gasteiger partial charge is 0.352 e. The lowest BCUT2D eigenvalue weighted by Gasteiger charge is -2.32. The van der Waals surface area contributed by atoms with Crippen molar-refractivity contribution in [1.29, 1.82) is 0 Å². The highest BCUT2D eigenvalue weighted by Crippen LogP contribution is 2.24. The van der Waals surface area contributed by atoms with E-state index in [2.05, 4.69) is 17.0 Å². The number of benzene rings is 1. The summed E-state index contributed by atoms with van der Waals surface area (Å²) in [5.74, 6) is 0.0581. The summed E-state index contributed by atoms with van der Waals surface area (Å²) in [7, 11) is -3.73. The Morgan fingerprint density at radius 3 is 2.28 bits per heavy atom. The van der Waals surface area contributed by atoms with Crippen molar-refractivity contribution in [1.82, 2.24) is 10.0 Å². The molecule has 1 amide bonds. The SMILES string of the molecule is Cc1ccc(S(=O)(=O)NC(C(=O)NC2CCCCC2C)C(C)C)cc1. The number of carbonyl (C=O) groups is 1. The van der Waals surface area contributed by atoms with Crippen LogP contribution in [0.4, 0.5) is 0 Å². The maximum Gasteiger partial charge on any atom is 0.241 e. The fourth-order valence-electron chi connectivity index (χ4n) is 3.25. The molecule has 3 atom stereocenters. The average Bonchev–Trinajstić information content (AvgIpc) is 2.55. The molecular formula is C19H30N2O3S. The van der Waals surface area contributed by atoms with Crippen molar-refractivity contribution >= 4 is 15.9 Å². The Balaban J connectivity index is 2.11. The third kappa shape index (κ3) is 5.28. The van der Waals surface area contributed by atoms with Crippen LogP contribution in [0.2, 0.25) is 0 Å². The molecule has 1 aromatic carbocycles. The second kappa shape index (κ2) is 8.32. The maximum absolute atomic E-state index is 12.7. The molecule has 2 rings (SSSR count). The summed E-state index contributed by atoms with van der Waals surface area (Å²) in [6.45, 7) is 7.75. The Bertz CT molecular complexity index is 683. The summed E-state index contributed by atoms with van der Waals surface area (Å²) < 4.78 is 27.8. The highest BCUT2D eigenvalue weighted by atomic mass is 32.2. The van der Waals surface area contributed by atoms with Crippen molar-refractivity contribution in [3.05, 3.63) is 29.8 Å². The number of amides is 1. The molecule has 0 heterocycles. The minimum atomic E-state index is -3.73. The number of aryl methyl sites for hydroxylation is 1. The Labute approximate surface area is 151 Å². The second-order valence-electron chi connectivity index (χ2n) is 7.53. The van der Waals surface area contributed by atoms with Gasteiger partial charge in [0, 0.05) is 6.04 Å². The van der Waals surface area contributed by atoms with E-state index >= 15 is 0 Å². The smallest absolute Gasteiger partial charge is 0.241 e. The number of hydrogen-bond acceptors (Lipinski definition) is 3. The van der Waals surface area contributed by atoms with Crippen LogP contribution in [0.5, 0.6) is 0 Å². The van der Waals surface area contributed by atoms with Gasteiger partial charge in [-0.1, -0.05) is 51.3 Å². The lowest BCUT2D eigenvalue weighted by Crippen LogP contribution is -2.53. The Kier molecular flexibility index (Phi) is 6.63. The van der Waals surface area contributed by atoms with Gasteiger partial charge in [-0.25, -0.2) is 8.42 Å². The van der Waals surface area contributed by atoms with Gasteiger partial charge < -0.3 is 5.32 Å². The Hall–Kier alpha value is -1.40. The first-order valence-electron chi connectivity index (χ1n) is 9.10. The van der Waals surface area contributed by atoms with E-state index in [9.17, 15) is 13.2 Å². The molecule has 0 bridgehead atoms. The van der Waals surface area contributed by atoms with Crippen LogP contribution in [0.1, 0.15) is 52.0 Å². The fourth-order valence-corrected chi connectivity index (χ4v) is 4.59. The van der Waals surface area contributed by atoms with Gasteiger partial charge in [0.15, 0.2) is 0 Å². The Morgan fingerprint density at radius 1 is 1.12 bits per heavy atom. The van der Waals surface area contributed by atoms with Crippen LogP contribution < -0.4 is 10.0 Å². The molecule has 1 aliphatic rings. The number of nitrogens with one attached hydrogen (secondary N) is 2. The molecule has 6 heteroatoms. The first kappa shape index (κ1) is 19.9. The van der Waals surface area contributed by atoms with Crippen molar-refractivity contribution in [3.63, 3.8) is 0 Å². The molecular weight excluding hydrogens is 336 g/mol. The molecule has 0 spiro atoms. The molecule has 1 fully saturated rings. The molecule has 5 nitrogen and oxygen atoms in total. The number of rotatable bonds is 6. The Morgan fingerprint density at radius 2 is 1.72 bits per heavy atom. The van der Waals surface area contributed by atoms with Crippen LogP contribution in [-0.2, 0) is 14.8 Å². The van der Waals surface area contributed by atoms with Gasteiger partial charge in [-0.15, -0.1) is 0 Å². The summed E-state index contributed by atoms with van der Waals surface area (Å²) in [5.41, 5.74) is 0.989. The van der Waals surface area contributed by atoms with Gasteiger partial charge in [-0.2, -0.15) is 4.72 Å². The van der Waals surface area contributed by atoms with E-state index in [-0.39, 0.29) is 22.8 Å². The highest BCUT2D eigenvalue weighted by Gasteiger charge is 2.31. The molecule has 3 unspecified atom stereocenters. The molecule has 1 aromatic rings. The van der Waals surface area contributed by atoms with Gasteiger partial charge in [0.05, 0.1) is 4.90 Å². The van der Waals surface area contributed by atoms with E-state index < -0.39 is 16.1 Å². The van der Waals surface area contributed by atoms with Gasteiger partial charge in [-0.05, 0) is 43.7 Å². The second-order valence-corrected chi connectivity index (χ2v) is 9.25. The predicted molar refractivity (Wildman–Crippen MR) is 99.7 cm³/mol. The van der Waals surface area contributed by atoms with Crippen molar-refractivity contribution < 1.29 is 13.2 Å². The van der Waals surface area contributed by atoms with Crippen LogP contribution in [0, 0.1) is 18.8 Å². The van der Waals surface area contributed by atoms with E-state index in [0.717, 1.165) is 24.8 Å². The minimum absolute atomic E-state index is 0.131. The van der Waals surface area contributed by atoms with Crippen molar-refractivity contribution in [3.8, 4) is 0 Å². The maximum atomic E-state index is 12.7. The molecule has 0 radical (unpaired) electrons. The lowest BCUT2D eigenvalue weighted by atomic mass is 9.85. The topological polar surface area (TPSA) is 75.3 Å². The molecule has 140 valence electrons. The summed E-state index contributed by atoms with van der Waals surface area (Å²) in [4.78, 5) is 12.9. The van der Waals surface area contributed by atoms with Crippen LogP contribution in [0.15, 0.2) is 29.2 Å². The van der Waals surface area contributed by atoms with Gasteiger partial charge in [0.1, 0.15) is 6.04 Å². The third-order valence-electron chi connectivity index (χ3n) is 5.00. The zero-order chi connectivity index (χ0) is 18.6. The number of hydrogen-bond donors (Lipinski definition) is 2. The van der Waals surface area contributed by atoms with Crippen LogP contribution in [0.25, 0.3) is 0 Å². The number of carbonyl (C=O) groups excluding carboxylic acids is 1. The fraction of sp³-hybridized carbons (Fsp3) is 0.632. The zero-order valence-electron chi connectivity index (χ0n) is 15.6. The molecule has 1 saturated carbocycles. The highest BCUT2D eigenvalue weighted by molar-refractivity contribution is 7.89. The number of sulfonamides is 1. The normalized spacial score (nSPS) is 22.6. The minimum Gasteiger partial charge on any atom is -0.352 e. The first-order chi connectivity index (χ1) is 11.7. The quantitative estimate of drug-likeness (QED) is 0.813. The molecule has 1 aliphatic carbocycles. The van der Waals surface area contributed by atoms with Crippen LogP contribution in [-0.4, -0.2) is 26.4 Å². The summed E-state index contributed by atoms with van der Waals surface area (Å²) in [6, 6.07) is 5.99. The van der Waals surface area contributed by atoms with E-state index in [0.29, 0.717) is 5.92 Å². The summed E-state index contributed by atoms with van der Waals surface area (Å²) >= 11 is 0.